The van der Waals surface area contributed by atoms with Crippen molar-refractivity contribution in [2.45, 2.75) is 45.7 Å². The molecule has 4 heterocycles. The molecule has 33 heavy (non-hydrogen) atoms. The zero-order chi connectivity index (χ0) is 22.9. The summed E-state index contributed by atoms with van der Waals surface area (Å²) in [6.07, 6.45) is 1.49. The fourth-order valence-electron chi connectivity index (χ4n) is 4.12. The molecule has 1 amide bonds. The van der Waals surface area contributed by atoms with Crippen molar-refractivity contribution < 1.29 is 14.3 Å². The molecule has 0 saturated heterocycles. The van der Waals surface area contributed by atoms with Crippen LogP contribution in [0.3, 0.4) is 0 Å². The molecule has 0 aliphatic carbocycles. The van der Waals surface area contributed by atoms with Gasteiger partial charge >= 0.3 is 0 Å². The molecule has 0 unspecified atom stereocenters. The van der Waals surface area contributed by atoms with Gasteiger partial charge in [0.15, 0.2) is 11.5 Å². The normalized spacial score (nSPS) is 14.0. The van der Waals surface area contributed by atoms with Gasteiger partial charge in [0.2, 0.25) is 11.7 Å². The fourth-order valence-corrected chi connectivity index (χ4v) is 4.94. The van der Waals surface area contributed by atoms with E-state index in [0.29, 0.717) is 48.2 Å². The van der Waals surface area contributed by atoms with Crippen LogP contribution in [-0.4, -0.2) is 38.3 Å². The minimum atomic E-state index is -0.179. The number of nitrogens with one attached hydrogen (secondary N) is 1. The molecule has 1 N–H and O–H groups in total. The van der Waals surface area contributed by atoms with Crippen LogP contribution in [0.4, 0.5) is 0 Å². The SMILES string of the molecule is CCCn1c(=O)c2sccc2n2c(CCC(=O)N[C@@H](C)c3ccc4c(c3)OCCO4)nnc12. The Balaban J connectivity index is 1.33. The first-order chi connectivity index (χ1) is 16.1. The number of aryl methyl sites for hydroxylation is 2. The third-order valence-corrected chi connectivity index (χ3v) is 6.64. The van der Waals surface area contributed by atoms with Crippen LogP contribution in [0.2, 0.25) is 0 Å². The number of thiophene rings is 1. The first kappa shape index (κ1) is 21.4. The van der Waals surface area contributed by atoms with E-state index >= 15 is 0 Å². The molecule has 1 aromatic carbocycles. The number of aromatic nitrogens is 4. The third kappa shape index (κ3) is 3.95. The average molecular weight is 468 g/mol. The van der Waals surface area contributed by atoms with E-state index in [4.69, 9.17) is 9.47 Å². The predicted octanol–water partition coefficient (Wildman–Crippen LogP) is 3.10. The molecule has 0 spiro atoms. The lowest BCUT2D eigenvalue weighted by Crippen LogP contribution is -2.27. The van der Waals surface area contributed by atoms with E-state index in [1.807, 2.05) is 47.9 Å². The Labute approximate surface area is 194 Å². The monoisotopic (exact) mass is 467 g/mol. The van der Waals surface area contributed by atoms with Crippen LogP contribution in [0.25, 0.3) is 16.0 Å². The van der Waals surface area contributed by atoms with E-state index in [1.54, 1.807) is 4.57 Å². The summed E-state index contributed by atoms with van der Waals surface area (Å²) >= 11 is 1.41. The van der Waals surface area contributed by atoms with E-state index in [2.05, 4.69) is 15.5 Å². The summed E-state index contributed by atoms with van der Waals surface area (Å²) in [6.45, 7) is 5.59. The predicted molar refractivity (Wildman–Crippen MR) is 125 cm³/mol. The van der Waals surface area contributed by atoms with Crippen molar-refractivity contribution >= 4 is 33.2 Å². The highest BCUT2D eigenvalue weighted by Crippen LogP contribution is 2.32. The summed E-state index contributed by atoms with van der Waals surface area (Å²) < 4.78 is 15.4. The molecule has 0 saturated carbocycles. The topological polar surface area (TPSA) is 99.8 Å². The highest BCUT2D eigenvalue weighted by molar-refractivity contribution is 7.17. The molecule has 0 fully saturated rings. The first-order valence-corrected chi connectivity index (χ1v) is 12.0. The molecule has 0 bridgehead atoms. The van der Waals surface area contributed by atoms with Gasteiger partial charge in [-0.05, 0) is 42.5 Å². The van der Waals surface area contributed by atoms with Crippen LogP contribution in [0.1, 0.15) is 44.1 Å². The van der Waals surface area contributed by atoms with Gasteiger partial charge in [0.1, 0.15) is 23.7 Å². The van der Waals surface area contributed by atoms with Crippen molar-refractivity contribution in [2.75, 3.05) is 13.2 Å². The van der Waals surface area contributed by atoms with Crippen LogP contribution < -0.4 is 20.3 Å². The largest absolute Gasteiger partial charge is 0.486 e. The van der Waals surface area contributed by atoms with Crippen molar-refractivity contribution in [1.82, 2.24) is 24.5 Å². The number of fused-ring (bicyclic) bond motifs is 4. The minimum Gasteiger partial charge on any atom is -0.486 e. The maximum Gasteiger partial charge on any atom is 0.272 e. The summed E-state index contributed by atoms with van der Waals surface area (Å²) in [5.74, 6) is 2.53. The molecule has 10 heteroatoms. The Morgan fingerprint density at radius 2 is 2.03 bits per heavy atom. The second kappa shape index (κ2) is 8.86. The van der Waals surface area contributed by atoms with Gasteiger partial charge in [0, 0.05) is 19.4 Å². The molecule has 5 rings (SSSR count). The summed E-state index contributed by atoms with van der Waals surface area (Å²) in [7, 11) is 0. The summed E-state index contributed by atoms with van der Waals surface area (Å²) in [4.78, 5) is 25.5. The number of nitrogens with zero attached hydrogens (tertiary/aromatic N) is 4. The standard InChI is InChI=1S/C23H25N5O4S/c1-3-9-27-22(30)21-16(8-12-33-21)28-19(25-26-23(27)28)6-7-20(29)24-14(2)15-4-5-17-18(13-15)32-11-10-31-17/h4-5,8,12-14H,3,6-7,9-11H2,1-2H3,(H,24,29)/t14-/m0/s1. The van der Waals surface area contributed by atoms with Crippen LogP contribution in [0.15, 0.2) is 34.4 Å². The molecular formula is C23H25N5O4S. The highest BCUT2D eigenvalue weighted by atomic mass is 32.1. The molecule has 9 nitrogen and oxygen atoms in total. The number of ether oxygens (including phenoxy) is 2. The van der Waals surface area contributed by atoms with Crippen molar-refractivity contribution in [2.24, 2.45) is 0 Å². The number of amides is 1. The van der Waals surface area contributed by atoms with Gasteiger partial charge in [-0.15, -0.1) is 21.5 Å². The lowest BCUT2D eigenvalue weighted by Gasteiger charge is -2.21. The summed E-state index contributed by atoms with van der Waals surface area (Å²) in [5, 5.41) is 13.5. The van der Waals surface area contributed by atoms with E-state index in [1.165, 1.54) is 11.3 Å². The number of rotatable bonds is 7. The van der Waals surface area contributed by atoms with Crippen LogP contribution in [0, 0.1) is 0 Å². The Morgan fingerprint density at radius 3 is 2.85 bits per heavy atom. The maximum atomic E-state index is 12.8. The van der Waals surface area contributed by atoms with Gasteiger partial charge < -0.3 is 14.8 Å². The molecule has 1 aliphatic rings. The Bertz CT molecular complexity index is 1390. The Kier molecular flexibility index (Phi) is 5.76. The van der Waals surface area contributed by atoms with Crippen molar-refractivity contribution in [3.8, 4) is 11.5 Å². The lowest BCUT2D eigenvalue weighted by atomic mass is 10.1. The number of carbonyl (C=O) groups is 1. The van der Waals surface area contributed by atoms with Gasteiger partial charge in [-0.2, -0.15) is 0 Å². The van der Waals surface area contributed by atoms with Crippen LogP contribution in [-0.2, 0) is 17.8 Å². The van der Waals surface area contributed by atoms with Crippen molar-refractivity contribution in [1.29, 1.82) is 0 Å². The molecule has 3 aromatic heterocycles. The molecule has 1 aliphatic heterocycles. The molecular weight excluding hydrogens is 442 g/mol. The molecule has 172 valence electrons. The summed E-state index contributed by atoms with van der Waals surface area (Å²) in [5.41, 5.74) is 1.70. The zero-order valence-electron chi connectivity index (χ0n) is 18.5. The number of carbonyl (C=O) groups excluding carboxylic acids is 1. The van der Waals surface area contributed by atoms with Crippen molar-refractivity contribution in [3.05, 3.63) is 51.4 Å². The second-order valence-electron chi connectivity index (χ2n) is 8.04. The second-order valence-corrected chi connectivity index (χ2v) is 8.95. The van der Waals surface area contributed by atoms with Gasteiger partial charge in [-0.3, -0.25) is 18.6 Å². The van der Waals surface area contributed by atoms with Crippen molar-refractivity contribution in [3.63, 3.8) is 0 Å². The number of benzene rings is 1. The van der Waals surface area contributed by atoms with E-state index in [9.17, 15) is 9.59 Å². The Hall–Kier alpha value is -3.40. The number of hydrogen-bond acceptors (Lipinski definition) is 7. The summed E-state index contributed by atoms with van der Waals surface area (Å²) in [6, 6.07) is 7.44. The van der Waals surface area contributed by atoms with Gasteiger partial charge in [-0.1, -0.05) is 13.0 Å². The molecule has 1 atom stereocenters. The molecule has 4 aromatic rings. The maximum absolute atomic E-state index is 12.8. The van der Waals surface area contributed by atoms with Gasteiger partial charge in [0.05, 0.1) is 11.6 Å². The molecule has 0 radical (unpaired) electrons. The average Bonchev–Trinajstić information content (AvgIpc) is 3.47. The van der Waals surface area contributed by atoms with Gasteiger partial charge in [-0.25, -0.2) is 0 Å². The quantitative estimate of drug-likeness (QED) is 0.448. The minimum absolute atomic E-state index is 0.0423. The highest BCUT2D eigenvalue weighted by Gasteiger charge is 2.19. The lowest BCUT2D eigenvalue weighted by molar-refractivity contribution is -0.121. The number of hydrogen-bond donors (Lipinski definition) is 1. The van der Waals surface area contributed by atoms with Gasteiger partial charge in [0.25, 0.3) is 5.56 Å². The smallest absolute Gasteiger partial charge is 0.272 e. The first-order valence-electron chi connectivity index (χ1n) is 11.1. The van der Waals surface area contributed by atoms with E-state index < -0.39 is 0 Å². The van der Waals surface area contributed by atoms with E-state index in [0.717, 1.165) is 23.3 Å². The van der Waals surface area contributed by atoms with Crippen LogP contribution >= 0.6 is 11.3 Å². The zero-order valence-corrected chi connectivity index (χ0v) is 19.4. The van der Waals surface area contributed by atoms with E-state index in [-0.39, 0.29) is 23.9 Å². The Morgan fingerprint density at radius 1 is 1.21 bits per heavy atom. The fraction of sp³-hybridized carbons (Fsp3) is 0.391. The third-order valence-electron chi connectivity index (χ3n) is 5.75. The van der Waals surface area contributed by atoms with Crippen LogP contribution in [0.5, 0.6) is 11.5 Å².